The third-order valence-electron chi connectivity index (χ3n) is 5.54. The van der Waals surface area contributed by atoms with Crippen molar-refractivity contribution in [2.24, 2.45) is 0 Å². The third kappa shape index (κ3) is 4.86. The number of carbonyl (C=O) groups is 3. The standard InChI is InChI=1S/C26H26N2O4/c1-28(19-29)23(25(31)32)17-18-24(30)27-26(20-11-5-2-6-12-20,21-13-7-3-8-14-21)22-15-9-4-10-16-22/h2-16,19,23H,17-18H2,1H3,(H,27,30)(H,31,32)/t23-/m0/s1. The fourth-order valence-electron chi connectivity index (χ4n) is 3.90. The zero-order chi connectivity index (χ0) is 23.0. The maximum absolute atomic E-state index is 13.2. The van der Waals surface area contributed by atoms with Crippen molar-refractivity contribution in [3.63, 3.8) is 0 Å². The summed E-state index contributed by atoms with van der Waals surface area (Å²) in [7, 11) is 1.39. The summed E-state index contributed by atoms with van der Waals surface area (Å²) in [6.07, 6.45) is 0.410. The molecule has 164 valence electrons. The van der Waals surface area contributed by atoms with Gasteiger partial charge in [-0.1, -0.05) is 91.0 Å². The molecule has 3 rings (SSSR count). The second-order valence-electron chi connectivity index (χ2n) is 7.56. The summed E-state index contributed by atoms with van der Waals surface area (Å²) in [5.41, 5.74) is 1.68. The molecule has 0 saturated carbocycles. The summed E-state index contributed by atoms with van der Waals surface area (Å²) in [6.45, 7) is 0. The van der Waals surface area contributed by atoms with Crippen molar-refractivity contribution < 1.29 is 19.5 Å². The lowest BCUT2D eigenvalue weighted by Gasteiger charge is -2.37. The minimum Gasteiger partial charge on any atom is -0.480 e. The first kappa shape index (κ1) is 22.7. The van der Waals surface area contributed by atoms with Crippen LogP contribution < -0.4 is 5.32 Å². The number of carboxylic acid groups (broad SMARTS) is 1. The topological polar surface area (TPSA) is 86.7 Å². The highest BCUT2D eigenvalue weighted by molar-refractivity contribution is 5.81. The van der Waals surface area contributed by atoms with E-state index in [-0.39, 0.29) is 18.7 Å². The zero-order valence-electron chi connectivity index (χ0n) is 17.8. The Morgan fingerprint density at radius 1 is 0.875 bits per heavy atom. The Morgan fingerprint density at radius 3 is 1.62 bits per heavy atom. The van der Waals surface area contributed by atoms with Gasteiger partial charge in [0.25, 0.3) is 0 Å². The maximum Gasteiger partial charge on any atom is 0.326 e. The number of carboxylic acids is 1. The van der Waals surface area contributed by atoms with Gasteiger partial charge < -0.3 is 15.3 Å². The number of aliphatic carboxylic acids is 1. The van der Waals surface area contributed by atoms with Crippen molar-refractivity contribution in [3.8, 4) is 0 Å². The number of rotatable bonds is 10. The normalized spacial score (nSPS) is 11.9. The fourth-order valence-corrected chi connectivity index (χ4v) is 3.90. The van der Waals surface area contributed by atoms with Crippen molar-refractivity contribution in [1.82, 2.24) is 10.2 Å². The molecule has 3 aromatic carbocycles. The molecular weight excluding hydrogens is 404 g/mol. The van der Waals surface area contributed by atoms with E-state index in [0.717, 1.165) is 21.6 Å². The Balaban J connectivity index is 2.02. The van der Waals surface area contributed by atoms with Crippen LogP contribution in [-0.2, 0) is 19.9 Å². The van der Waals surface area contributed by atoms with E-state index in [9.17, 15) is 19.5 Å². The smallest absolute Gasteiger partial charge is 0.326 e. The summed E-state index contributed by atoms with van der Waals surface area (Å²) >= 11 is 0. The van der Waals surface area contributed by atoms with Gasteiger partial charge in [-0.2, -0.15) is 0 Å². The van der Waals surface area contributed by atoms with E-state index in [1.54, 1.807) is 0 Å². The fraction of sp³-hybridized carbons (Fsp3) is 0.192. The van der Waals surface area contributed by atoms with Gasteiger partial charge in [0.05, 0.1) is 0 Å². The molecule has 6 nitrogen and oxygen atoms in total. The number of nitrogens with one attached hydrogen (secondary N) is 1. The summed E-state index contributed by atoms with van der Waals surface area (Å²) in [6, 6.07) is 27.9. The maximum atomic E-state index is 13.2. The molecule has 6 heteroatoms. The molecule has 0 unspecified atom stereocenters. The minimum atomic E-state index is -1.15. The number of hydrogen-bond acceptors (Lipinski definition) is 3. The van der Waals surface area contributed by atoms with Crippen LogP contribution in [0.4, 0.5) is 0 Å². The SMILES string of the molecule is CN(C=O)[C@@H](CCC(=O)NC(c1ccccc1)(c1ccccc1)c1ccccc1)C(=O)O. The van der Waals surface area contributed by atoms with Gasteiger partial charge in [-0.15, -0.1) is 0 Å². The highest BCUT2D eigenvalue weighted by Gasteiger charge is 2.38. The van der Waals surface area contributed by atoms with Crippen LogP contribution in [0.3, 0.4) is 0 Å². The molecule has 0 aliphatic carbocycles. The summed E-state index contributed by atoms with van der Waals surface area (Å²) < 4.78 is 0. The van der Waals surface area contributed by atoms with Gasteiger partial charge in [0.2, 0.25) is 12.3 Å². The van der Waals surface area contributed by atoms with Gasteiger partial charge in [-0.25, -0.2) is 4.79 Å². The minimum absolute atomic E-state index is 0.00482. The Labute approximate surface area is 187 Å². The first-order chi connectivity index (χ1) is 15.5. The van der Waals surface area contributed by atoms with Gasteiger partial charge in [-0.3, -0.25) is 9.59 Å². The van der Waals surface area contributed by atoms with E-state index >= 15 is 0 Å². The molecule has 0 aliphatic heterocycles. The lowest BCUT2D eigenvalue weighted by atomic mass is 9.77. The van der Waals surface area contributed by atoms with Crippen LogP contribution in [0.15, 0.2) is 91.0 Å². The monoisotopic (exact) mass is 430 g/mol. The van der Waals surface area contributed by atoms with E-state index < -0.39 is 17.6 Å². The molecule has 0 spiro atoms. The predicted molar refractivity (Wildman–Crippen MR) is 122 cm³/mol. The van der Waals surface area contributed by atoms with Crippen molar-refractivity contribution in [2.45, 2.75) is 24.4 Å². The number of hydrogen-bond donors (Lipinski definition) is 2. The van der Waals surface area contributed by atoms with Crippen molar-refractivity contribution in [1.29, 1.82) is 0 Å². The van der Waals surface area contributed by atoms with Gasteiger partial charge in [0.1, 0.15) is 11.6 Å². The number of benzene rings is 3. The largest absolute Gasteiger partial charge is 0.480 e. The first-order valence-corrected chi connectivity index (χ1v) is 10.4. The number of nitrogens with zero attached hydrogens (tertiary/aromatic N) is 1. The zero-order valence-corrected chi connectivity index (χ0v) is 17.8. The van der Waals surface area contributed by atoms with Crippen molar-refractivity contribution in [3.05, 3.63) is 108 Å². The molecule has 0 aromatic heterocycles. The summed E-state index contributed by atoms with van der Waals surface area (Å²) in [5, 5.41) is 12.6. The molecule has 0 heterocycles. The van der Waals surface area contributed by atoms with E-state index in [4.69, 9.17) is 0 Å². The van der Waals surface area contributed by atoms with Crippen LogP contribution in [0.25, 0.3) is 0 Å². The Hall–Kier alpha value is -3.93. The van der Waals surface area contributed by atoms with Crippen LogP contribution in [-0.4, -0.2) is 41.4 Å². The highest BCUT2D eigenvalue weighted by atomic mass is 16.4. The van der Waals surface area contributed by atoms with Crippen LogP contribution in [0.2, 0.25) is 0 Å². The Kier molecular flexibility index (Phi) is 7.39. The molecule has 0 fully saturated rings. The second-order valence-corrected chi connectivity index (χ2v) is 7.56. The average Bonchev–Trinajstić information content (AvgIpc) is 2.84. The molecule has 0 aliphatic rings. The number of carbonyl (C=O) groups excluding carboxylic acids is 2. The average molecular weight is 431 g/mol. The van der Waals surface area contributed by atoms with Gasteiger partial charge in [0.15, 0.2) is 0 Å². The highest BCUT2D eigenvalue weighted by Crippen LogP contribution is 2.36. The van der Waals surface area contributed by atoms with E-state index in [1.165, 1.54) is 7.05 Å². The van der Waals surface area contributed by atoms with Crippen LogP contribution in [0, 0.1) is 0 Å². The van der Waals surface area contributed by atoms with E-state index in [1.807, 2.05) is 91.0 Å². The molecule has 2 N–H and O–H groups in total. The molecule has 3 aromatic rings. The third-order valence-corrected chi connectivity index (χ3v) is 5.54. The van der Waals surface area contributed by atoms with Gasteiger partial charge >= 0.3 is 5.97 Å². The lowest BCUT2D eigenvalue weighted by molar-refractivity contribution is -0.146. The number of likely N-dealkylation sites (N-methyl/N-ethyl adjacent to an activating group) is 1. The molecule has 1 atom stereocenters. The molecule has 2 amide bonds. The lowest BCUT2D eigenvalue weighted by Crippen LogP contribution is -2.48. The Bertz CT molecular complexity index is 943. The quantitative estimate of drug-likeness (QED) is 0.381. The van der Waals surface area contributed by atoms with E-state index in [0.29, 0.717) is 6.41 Å². The molecule has 32 heavy (non-hydrogen) atoms. The van der Waals surface area contributed by atoms with Crippen molar-refractivity contribution in [2.75, 3.05) is 7.05 Å². The number of amides is 2. The predicted octanol–water partition coefficient (Wildman–Crippen LogP) is 3.42. The molecule has 0 radical (unpaired) electrons. The summed E-state index contributed by atoms with van der Waals surface area (Å²) in [5.74, 6) is -1.46. The first-order valence-electron chi connectivity index (χ1n) is 10.4. The van der Waals surface area contributed by atoms with Crippen LogP contribution in [0.1, 0.15) is 29.5 Å². The van der Waals surface area contributed by atoms with Crippen LogP contribution in [0.5, 0.6) is 0 Å². The van der Waals surface area contributed by atoms with Gasteiger partial charge in [-0.05, 0) is 23.1 Å². The second kappa shape index (κ2) is 10.4. The molecule has 0 saturated heterocycles. The summed E-state index contributed by atoms with van der Waals surface area (Å²) in [4.78, 5) is 36.8. The van der Waals surface area contributed by atoms with Crippen LogP contribution >= 0.6 is 0 Å². The van der Waals surface area contributed by atoms with Gasteiger partial charge in [0, 0.05) is 13.5 Å². The Morgan fingerprint density at radius 2 is 1.28 bits per heavy atom. The van der Waals surface area contributed by atoms with Crippen molar-refractivity contribution >= 4 is 18.3 Å². The molecular formula is C26H26N2O4. The van der Waals surface area contributed by atoms with E-state index in [2.05, 4.69) is 5.32 Å². The molecule has 0 bridgehead atoms.